The third kappa shape index (κ3) is 58.3. The predicted molar refractivity (Wildman–Crippen MR) is 328 cm³/mol. The van der Waals surface area contributed by atoms with Gasteiger partial charge in [0.1, 0.15) is 6.10 Å². The minimum Gasteiger partial charge on any atom is -0.394 e. The molecule has 4 N–H and O–H groups in total. The van der Waals surface area contributed by atoms with Gasteiger partial charge in [-0.05, 0) is 44.9 Å². The molecule has 0 radical (unpaired) electrons. The third-order valence-corrected chi connectivity index (χ3v) is 16.0. The molecule has 5 heteroatoms. The van der Waals surface area contributed by atoms with E-state index in [1.54, 1.807) is 6.08 Å². The van der Waals surface area contributed by atoms with E-state index in [0.29, 0.717) is 6.42 Å². The van der Waals surface area contributed by atoms with E-state index in [2.05, 4.69) is 43.5 Å². The average Bonchev–Trinajstić information content (AvgIpc) is 3.41. The highest BCUT2D eigenvalue weighted by molar-refractivity contribution is 5.80. The molecule has 0 spiro atoms. The lowest BCUT2D eigenvalue weighted by Gasteiger charge is -2.21. The minimum absolute atomic E-state index is 0.378. The Balaban J connectivity index is 3.51. The van der Waals surface area contributed by atoms with Gasteiger partial charge in [-0.25, -0.2) is 0 Å². The van der Waals surface area contributed by atoms with Crippen molar-refractivity contribution < 1.29 is 20.1 Å². The van der Waals surface area contributed by atoms with Crippen molar-refractivity contribution in [1.29, 1.82) is 0 Å². The van der Waals surface area contributed by atoms with E-state index in [0.717, 1.165) is 44.9 Å². The molecule has 0 aliphatic carbocycles. The van der Waals surface area contributed by atoms with Gasteiger partial charge in [0, 0.05) is 0 Å². The van der Waals surface area contributed by atoms with Crippen LogP contribution in [0.2, 0.25) is 0 Å². The minimum atomic E-state index is -1.11. The second kappa shape index (κ2) is 64.1. The molecule has 74 heavy (non-hydrogen) atoms. The zero-order valence-electron chi connectivity index (χ0n) is 50.3. The van der Waals surface area contributed by atoms with Crippen molar-refractivity contribution in [3.63, 3.8) is 0 Å². The molecule has 0 saturated heterocycles. The maximum absolute atomic E-state index is 12.6. The Kier molecular flexibility index (Phi) is 62.9. The van der Waals surface area contributed by atoms with Crippen LogP contribution in [0.25, 0.3) is 0 Å². The van der Waals surface area contributed by atoms with Crippen LogP contribution in [0, 0.1) is 0 Å². The van der Waals surface area contributed by atoms with Crippen LogP contribution in [0.3, 0.4) is 0 Å². The summed E-state index contributed by atoms with van der Waals surface area (Å²) in [5.41, 5.74) is 0. The van der Waals surface area contributed by atoms with Gasteiger partial charge in [-0.2, -0.15) is 0 Å². The van der Waals surface area contributed by atoms with Gasteiger partial charge in [0.15, 0.2) is 0 Å². The Hall–Kier alpha value is -1.43. The molecule has 0 aliphatic heterocycles. The van der Waals surface area contributed by atoms with E-state index in [1.165, 1.54) is 308 Å². The van der Waals surface area contributed by atoms with Crippen LogP contribution in [0.4, 0.5) is 0 Å². The maximum atomic E-state index is 12.6. The third-order valence-electron chi connectivity index (χ3n) is 16.0. The summed E-state index contributed by atoms with van der Waals surface area (Å²) in [5, 5.41) is 33.5. The average molecular weight is 1040 g/mol. The number of amides is 1. The first-order valence-electron chi connectivity index (χ1n) is 33.8. The lowest BCUT2D eigenvalue weighted by atomic mass is 10.0. The molecular weight excluding hydrogens is 907 g/mol. The lowest BCUT2D eigenvalue weighted by Crippen LogP contribution is -2.48. The number of allylic oxidation sites excluding steroid dienone is 5. The number of carbonyl (C=O) groups excluding carboxylic acids is 1. The van der Waals surface area contributed by atoms with Crippen LogP contribution in [0.15, 0.2) is 36.5 Å². The molecule has 3 unspecified atom stereocenters. The summed E-state index contributed by atoms with van der Waals surface area (Å²) in [5.74, 6) is -0.510. The number of aliphatic hydroxyl groups is 3. The van der Waals surface area contributed by atoms with E-state index in [-0.39, 0.29) is 6.61 Å². The summed E-state index contributed by atoms with van der Waals surface area (Å²) in [6.45, 7) is 4.22. The van der Waals surface area contributed by atoms with Crippen molar-refractivity contribution in [2.75, 3.05) is 6.61 Å². The summed E-state index contributed by atoms with van der Waals surface area (Å²) in [6, 6.07) is -0.821. The maximum Gasteiger partial charge on any atom is 0.249 e. The highest BCUT2D eigenvalue weighted by atomic mass is 16.3. The number of unbranched alkanes of at least 4 members (excludes halogenated alkanes) is 51. The molecule has 3 atom stereocenters. The number of rotatable bonds is 63. The Morgan fingerprint density at radius 1 is 0.324 bits per heavy atom. The van der Waals surface area contributed by atoms with Crippen molar-refractivity contribution in [3.8, 4) is 0 Å². The molecule has 0 aromatic carbocycles. The molecular formula is C69H133NO4. The molecule has 0 heterocycles. The van der Waals surface area contributed by atoms with Crippen LogP contribution < -0.4 is 5.32 Å². The van der Waals surface area contributed by atoms with Gasteiger partial charge in [0.25, 0.3) is 0 Å². The van der Waals surface area contributed by atoms with Gasteiger partial charge in [-0.3, -0.25) is 4.79 Å². The fourth-order valence-electron chi connectivity index (χ4n) is 10.8. The van der Waals surface area contributed by atoms with Gasteiger partial charge in [0.2, 0.25) is 5.91 Å². The fraction of sp³-hybridized carbons (Fsp3) is 0.899. The van der Waals surface area contributed by atoms with Crippen LogP contribution in [-0.2, 0) is 4.79 Å². The van der Waals surface area contributed by atoms with Gasteiger partial charge in [-0.15, -0.1) is 0 Å². The topological polar surface area (TPSA) is 89.8 Å². The summed E-state index contributed by atoms with van der Waals surface area (Å²) in [6.07, 6.45) is 85.7. The summed E-state index contributed by atoms with van der Waals surface area (Å²) < 4.78 is 0. The van der Waals surface area contributed by atoms with Gasteiger partial charge in [0.05, 0.1) is 18.8 Å². The molecule has 0 aromatic heterocycles. The highest BCUT2D eigenvalue weighted by Crippen LogP contribution is 2.19. The molecule has 0 bridgehead atoms. The number of nitrogens with one attached hydrogen (secondary N) is 1. The lowest BCUT2D eigenvalue weighted by molar-refractivity contribution is -0.131. The number of hydrogen-bond donors (Lipinski definition) is 4. The van der Waals surface area contributed by atoms with Crippen molar-refractivity contribution in [2.45, 2.75) is 392 Å². The first kappa shape index (κ1) is 72.6. The molecule has 0 fully saturated rings. The second-order valence-electron chi connectivity index (χ2n) is 23.4. The Morgan fingerprint density at radius 2 is 0.554 bits per heavy atom. The summed E-state index contributed by atoms with van der Waals surface area (Å²) >= 11 is 0. The van der Waals surface area contributed by atoms with Gasteiger partial charge < -0.3 is 20.6 Å². The zero-order valence-corrected chi connectivity index (χ0v) is 50.3. The largest absolute Gasteiger partial charge is 0.394 e. The molecule has 438 valence electrons. The first-order valence-corrected chi connectivity index (χ1v) is 33.8. The molecule has 0 aliphatic rings. The molecule has 0 aromatic rings. The number of aliphatic hydroxyl groups excluding tert-OH is 3. The predicted octanol–water partition coefficient (Wildman–Crippen LogP) is 21.7. The highest BCUT2D eigenvalue weighted by Gasteiger charge is 2.22. The molecule has 0 rings (SSSR count). The van der Waals surface area contributed by atoms with Crippen LogP contribution in [0.1, 0.15) is 373 Å². The monoisotopic (exact) mass is 1040 g/mol. The van der Waals surface area contributed by atoms with Crippen molar-refractivity contribution in [3.05, 3.63) is 36.5 Å². The normalized spacial score (nSPS) is 13.3. The van der Waals surface area contributed by atoms with Gasteiger partial charge >= 0.3 is 0 Å². The fourth-order valence-corrected chi connectivity index (χ4v) is 10.8. The van der Waals surface area contributed by atoms with E-state index in [4.69, 9.17) is 0 Å². The number of hydrogen-bond acceptors (Lipinski definition) is 4. The van der Waals surface area contributed by atoms with Crippen molar-refractivity contribution in [1.82, 2.24) is 5.32 Å². The van der Waals surface area contributed by atoms with E-state index in [9.17, 15) is 20.1 Å². The standard InChI is InChI=1S/C69H133NO4/c1-3-5-7-9-11-13-15-17-19-21-23-25-27-29-30-31-32-33-34-35-36-37-38-39-40-42-44-46-48-50-52-54-56-58-60-62-64-68(73)69(74)70-66(65-71)67(72)63-61-59-57-55-53-51-49-47-45-43-41-28-26-24-22-20-18-16-14-12-10-8-6-4-2/h45,47,53,55,61,63,66-68,71-73H,3-44,46,48-52,54,56-60,62,64-65H2,1-2H3,(H,70,74)/b47-45+,55-53+,63-61+. The van der Waals surface area contributed by atoms with Crippen LogP contribution in [-0.4, -0.2) is 46.1 Å². The summed E-state index contributed by atoms with van der Waals surface area (Å²) in [7, 11) is 0. The van der Waals surface area contributed by atoms with Gasteiger partial charge in [-0.1, -0.05) is 365 Å². The second-order valence-corrected chi connectivity index (χ2v) is 23.4. The first-order chi connectivity index (χ1) is 36.6. The van der Waals surface area contributed by atoms with Crippen molar-refractivity contribution in [2.24, 2.45) is 0 Å². The van der Waals surface area contributed by atoms with E-state index < -0.39 is 24.2 Å². The SMILES string of the molecule is CCCCCCCCCCCCCCCC/C=C/CC/C=C/CC/C=C/C(O)C(CO)NC(=O)C(O)CCCCCCCCCCCCCCCCCCCCCCCCCCCCCCCCCCCCCC. The Bertz CT molecular complexity index is 1150. The van der Waals surface area contributed by atoms with E-state index in [1.807, 2.05) is 6.08 Å². The quantitative estimate of drug-likeness (QED) is 0.0361. The van der Waals surface area contributed by atoms with Crippen molar-refractivity contribution >= 4 is 5.91 Å². The number of carbonyl (C=O) groups is 1. The smallest absolute Gasteiger partial charge is 0.249 e. The zero-order chi connectivity index (χ0) is 53.6. The van der Waals surface area contributed by atoms with E-state index >= 15 is 0 Å². The Morgan fingerprint density at radius 3 is 0.824 bits per heavy atom. The van der Waals surface area contributed by atoms with Crippen LogP contribution >= 0.6 is 0 Å². The Labute approximate surface area is 464 Å². The molecule has 1 amide bonds. The van der Waals surface area contributed by atoms with Crippen LogP contribution in [0.5, 0.6) is 0 Å². The molecule has 5 nitrogen and oxygen atoms in total. The summed E-state index contributed by atoms with van der Waals surface area (Å²) in [4.78, 5) is 12.6. The molecule has 0 saturated carbocycles.